The van der Waals surface area contributed by atoms with Gasteiger partial charge in [0.25, 0.3) is 0 Å². The van der Waals surface area contributed by atoms with Crippen molar-refractivity contribution in [3.63, 3.8) is 0 Å². The summed E-state index contributed by atoms with van der Waals surface area (Å²) in [6, 6.07) is 0.607. The lowest BCUT2D eigenvalue weighted by atomic mass is 10.1. The molecule has 0 bridgehead atoms. The molecular formula is C10H19N3. The molecule has 0 saturated heterocycles. The maximum absolute atomic E-state index is 5.90. The van der Waals surface area contributed by atoms with Crippen molar-refractivity contribution in [2.75, 3.05) is 0 Å². The zero-order valence-corrected chi connectivity index (χ0v) is 8.70. The molecule has 1 rings (SSSR count). The second-order valence-corrected chi connectivity index (χ2v) is 3.53. The Hall–Kier alpha value is -0.830. The SMILES string of the molecule is CCC(N)c1cnn(C(C)CC)c1. The monoisotopic (exact) mass is 181 g/mol. The first-order valence-corrected chi connectivity index (χ1v) is 4.98. The van der Waals surface area contributed by atoms with Gasteiger partial charge in [-0.15, -0.1) is 0 Å². The highest BCUT2D eigenvalue weighted by atomic mass is 15.3. The molecule has 1 aromatic rings. The third-order valence-electron chi connectivity index (χ3n) is 2.53. The van der Waals surface area contributed by atoms with E-state index in [0.29, 0.717) is 6.04 Å². The Morgan fingerprint density at radius 2 is 2.15 bits per heavy atom. The van der Waals surface area contributed by atoms with Crippen LogP contribution < -0.4 is 5.73 Å². The Morgan fingerprint density at radius 3 is 2.69 bits per heavy atom. The molecule has 0 fully saturated rings. The predicted octanol–water partition coefficient (Wildman–Crippen LogP) is 2.26. The van der Waals surface area contributed by atoms with Crippen molar-refractivity contribution in [2.24, 2.45) is 5.73 Å². The van der Waals surface area contributed by atoms with Crippen molar-refractivity contribution in [1.29, 1.82) is 0 Å². The van der Waals surface area contributed by atoms with Gasteiger partial charge in [0, 0.05) is 23.8 Å². The normalized spacial score (nSPS) is 15.7. The maximum Gasteiger partial charge on any atom is 0.0537 e. The summed E-state index contributed by atoms with van der Waals surface area (Å²) in [4.78, 5) is 0. The number of hydrogen-bond donors (Lipinski definition) is 1. The average Bonchev–Trinajstić information content (AvgIpc) is 2.64. The van der Waals surface area contributed by atoms with Gasteiger partial charge < -0.3 is 5.73 Å². The topological polar surface area (TPSA) is 43.8 Å². The minimum atomic E-state index is 0.137. The smallest absolute Gasteiger partial charge is 0.0537 e. The van der Waals surface area contributed by atoms with Crippen LogP contribution >= 0.6 is 0 Å². The molecule has 0 amide bonds. The molecule has 74 valence electrons. The highest BCUT2D eigenvalue weighted by Crippen LogP contribution is 2.15. The van der Waals surface area contributed by atoms with Gasteiger partial charge in [-0.3, -0.25) is 4.68 Å². The first kappa shape index (κ1) is 10.3. The fourth-order valence-electron chi connectivity index (χ4n) is 1.21. The molecule has 1 heterocycles. The van der Waals surface area contributed by atoms with Crippen molar-refractivity contribution < 1.29 is 0 Å². The van der Waals surface area contributed by atoms with Crippen molar-refractivity contribution in [1.82, 2.24) is 9.78 Å². The van der Waals surface area contributed by atoms with Gasteiger partial charge in [-0.1, -0.05) is 13.8 Å². The fraction of sp³-hybridized carbons (Fsp3) is 0.700. The van der Waals surface area contributed by atoms with Crippen molar-refractivity contribution in [2.45, 2.75) is 45.7 Å². The number of hydrogen-bond acceptors (Lipinski definition) is 2. The molecule has 13 heavy (non-hydrogen) atoms. The van der Waals surface area contributed by atoms with Gasteiger partial charge in [-0.2, -0.15) is 5.10 Å². The van der Waals surface area contributed by atoms with E-state index in [9.17, 15) is 0 Å². The molecule has 0 aromatic carbocycles. The van der Waals surface area contributed by atoms with E-state index in [4.69, 9.17) is 5.73 Å². The zero-order chi connectivity index (χ0) is 9.84. The minimum absolute atomic E-state index is 0.137. The first-order chi connectivity index (χ1) is 6.19. The number of rotatable bonds is 4. The summed E-state index contributed by atoms with van der Waals surface area (Å²) < 4.78 is 1.99. The Balaban J connectivity index is 2.74. The molecule has 2 N–H and O–H groups in total. The van der Waals surface area contributed by atoms with Crippen molar-refractivity contribution in [3.8, 4) is 0 Å². The van der Waals surface area contributed by atoms with E-state index in [0.717, 1.165) is 18.4 Å². The average molecular weight is 181 g/mol. The molecule has 2 unspecified atom stereocenters. The number of nitrogens with zero attached hydrogens (tertiary/aromatic N) is 2. The minimum Gasteiger partial charge on any atom is -0.324 e. The van der Waals surface area contributed by atoms with Crippen molar-refractivity contribution >= 4 is 0 Å². The molecule has 2 atom stereocenters. The first-order valence-electron chi connectivity index (χ1n) is 4.98. The molecular weight excluding hydrogens is 162 g/mol. The van der Waals surface area contributed by atoms with Crippen LogP contribution in [-0.2, 0) is 0 Å². The summed E-state index contributed by atoms with van der Waals surface area (Å²) >= 11 is 0. The third-order valence-corrected chi connectivity index (χ3v) is 2.53. The van der Waals surface area contributed by atoms with Gasteiger partial charge in [-0.25, -0.2) is 0 Å². The molecule has 0 spiro atoms. The largest absolute Gasteiger partial charge is 0.324 e. The standard InChI is InChI=1S/C10H19N3/c1-4-8(3)13-7-9(6-12-13)10(11)5-2/h6-8,10H,4-5,11H2,1-3H3. The predicted molar refractivity (Wildman–Crippen MR) is 54.4 cm³/mol. The summed E-state index contributed by atoms with van der Waals surface area (Å²) in [7, 11) is 0. The van der Waals surface area contributed by atoms with Gasteiger partial charge in [0.1, 0.15) is 0 Å². The van der Waals surface area contributed by atoms with E-state index in [1.807, 2.05) is 10.9 Å². The van der Waals surface area contributed by atoms with Crippen LogP contribution in [0.1, 0.15) is 51.3 Å². The molecule has 0 aliphatic carbocycles. The van der Waals surface area contributed by atoms with Gasteiger partial charge in [-0.05, 0) is 19.8 Å². The van der Waals surface area contributed by atoms with Crippen LogP contribution in [0.3, 0.4) is 0 Å². The van der Waals surface area contributed by atoms with Crippen LogP contribution in [0.4, 0.5) is 0 Å². The molecule has 3 nitrogen and oxygen atoms in total. The summed E-state index contributed by atoms with van der Waals surface area (Å²) in [5.41, 5.74) is 7.04. The Morgan fingerprint density at radius 1 is 1.46 bits per heavy atom. The lowest BCUT2D eigenvalue weighted by molar-refractivity contribution is 0.477. The lowest BCUT2D eigenvalue weighted by Crippen LogP contribution is -2.08. The highest BCUT2D eigenvalue weighted by molar-refractivity contribution is 5.09. The summed E-state index contributed by atoms with van der Waals surface area (Å²) in [5, 5.41) is 4.29. The molecule has 0 radical (unpaired) electrons. The van der Waals surface area contributed by atoms with E-state index < -0.39 is 0 Å². The summed E-state index contributed by atoms with van der Waals surface area (Å²) in [5.74, 6) is 0. The molecule has 3 heteroatoms. The van der Waals surface area contributed by atoms with E-state index in [1.165, 1.54) is 0 Å². The fourth-order valence-corrected chi connectivity index (χ4v) is 1.21. The maximum atomic E-state index is 5.90. The van der Waals surface area contributed by atoms with Crippen LogP contribution in [-0.4, -0.2) is 9.78 Å². The van der Waals surface area contributed by atoms with Crippen LogP contribution in [0.5, 0.6) is 0 Å². The third kappa shape index (κ3) is 2.31. The second kappa shape index (κ2) is 4.42. The molecule has 1 aromatic heterocycles. The van der Waals surface area contributed by atoms with Gasteiger partial charge in [0.2, 0.25) is 0 Å². The van der Waals surface area contributed by atoms with Crippen LogP contribution in [0.15, 0.2) is 12.4 Å². The van der Waals surface area contributed by atoms with Crippen LogP contribution in [0, 0.1) is 0 Å². The zero-order valence-electron chi connectivity index (χ0n) is 8.70. The molecule has 0 saturated carbocycles. The summed E-state index contributed by atoms with van der Waals surface area (Å²) in [6.45, 7) is 6.41. The van der Waals surface area contributed by atoms with Gasteiger partial charge >= 0.3 is 0 Å². The highest BCUT2D eigenvalue weighted by Gasteiger charge is 2.08. The van der Waals surface area contributed by atoms with Gasteiger partial charge in [0.05, 0.1) is 6.20 Å². The second-order valence-electron chi connectivity index (χ2n) is 3.53. The van der Waals surface area contributed by atoms with E-state index in [1.54, 1.807) is 0 Å². The summed E-state index contributed by atoms with van der Waals surface area (Å²) in [6.07, 6.45) is 6.00. The lowest BCUT2D eigenvalue weighted by Gasteiger charge is -2.08. The van der Waals surface area contributed by atoms with E-state index >= 15 is 0 Å². The Labute approximate surface area is 79.9 Å². The van der Waals surface area contributed by atoms with Crippen LogP contribution in [0.25, 0.3) is 0 Å². The molecule has 0 aliphatic heterocycles. The quantitative estimate of drug-likeness (QED) is 0.774. The van der Waals surface area contributed by atoms with E-state index in [-0.39, 0.29) is 6.04 Å². The number of aromatic nitrogens is 2. The Bertz CT molecular complexity index is 230. The van der Waals surface area contributed by atoms with Gasteiger partial charge in [0.15, 0.2) is 0 Å². The van der Waals surface area contributed by atoms with Crippen LogP contribution in [0.2, 0.25) is 0 Å². The van der Waals surface area contributed by atoms with E-state index in [2.05, 4.69) is 32.1 Å². The number of nitrogens with two attached hydrogens (primary N) is 1. The Kier molecular flexibility index (Phi) is 3.48. The van der Waals surface area contributed by atoms with Crippen molar-refractivity contribution in [3.05, 3.63) is 18.0 Å². The molecule has 0 aliphatic rings.